The third-order valence-electron chi connectivity index (χ3n) is 4.47. The number of rotatable bonds is 5. The van der Waals surface area contributed by atoms with Crippen LogP contribution in [0.3, 0.4) is 0 Å². The van der Waals surface area contributed by atoms with Gasteiger partial charge in [0.1, 0.15) is 6.04 Å². The molecule has 1 aliphatic rings. The van der Waals surface area contributed by atoms with Crippen molar-refractivity contribution in [2.75, 3.05) is 11.4 Å². The van der Waals surface area contributed by atoms with Gasteiger partial charge in [0, 0.05) is 18.5 Å². The Balaban J connectivity index is 1.77. The van der Waals surface area contributed by atoms with Crippen LogP contribution < -0.4 is 4.90 Å². The molecule has 0 N–H and O–H groups in total. The van der Waals surface area contributed by atoms with Crippen LogP contribution in [0.5, 0.6) is 0 Å². The lowest BCUT2D eigenvalue weighted by atomic mass is 10.1. The van der Waals surface area contributed by atoms with Gasteiger partial charge in [-0.1, -0.05) is 41.9 Å². The van der Waals surface area contributed by atoms with E-state index in [-0.39, 0.29) is 24.1 Å². The van der Waals surface area contributed by atoms with Crippen LogP contribution in [0.25, 0.3) is 0 Å². The zero-order valence-corrected chi connectivity index (χ0v) is 15.1. The van der Waals surface area contributed by atoms with Crippen molar-refractivity contribution in [3.63, 3.8) is 0 Å². The molecule has 134 valence electrons. The summed E-state index contributed by atoms with van der Waals surface area (Å²) >= 11 is 5.87. The lowest BCUT2D eigenvalue weighted by molar-refractivity contribution is -0.136. The van der Waals surface area contributed by atoms with E-state index < -0.39 is 6.04 Å². The van der Waals surface area contributed by atoms with E-state index in [4.69, 9.17) is 11.6 Å². The number of benzene rings is 2. The first kappa shape index (κ1) is 18.1. The van der Waals surface area contributed by atoms with Crippen LogP contribution in [0, 0.1) is 0 Å². The fourth-order valence-corrected chi connectivity index (χ4v) is 3.27. The van der Waals surface area contributed by atoms with E-state index in [0.717, 1.165) is 10.5 Å². The van der Waals surface area contributed by atoms with E-state index in [1.807, 2.05) is 30.3 Å². The Bertz CT molecular complexity index is 821. The van der Waals surface area contributed by atoms with E-state index >= 15 is 0 Å². The van der Waals surface area contributed by atoms with E-state index in [1.54, 1.807) is 24.3 Å². The van der Waals surface area contributed by atoms with Crippen molar-refractivity contribution in [2.45, 2.75) is 25.8 Å². The quantitative estimate of drug-likeness (QED) is 0.760. The molecular weight excluding hydrogens is 352 g/mol. The van der Waals surface area contributed by atoms with Crippen molar-refractivity contribution in [2.24, 2.45) is 0 Å². The summed E-state index contributed by atoms with van der Waals surface area (Å²) in [5, 5.41) is 0.526. The lowest BCUT2D eigenvalue weighted by Crippen LogP contribution is -2.45. The Kier molecular flexibility index (Phi) is 5.38. The van der Waals surface area contributed by atoms with E-state index in [9.17, 15) is 14.4 Å². The monoisotopic (exact) mass is 370 g/mol. The smallest absolute Gasteiger partial charge is 0.257 e. The van der Waals surface area contributed by atoms with Crippen LogP contribution in [0.1, 0.15) is 18.9 Å². The summed E-state index contributed by atoms with van der Waals surface area (Å²) in [6.45, 7) is 1.81. The third kappa shape index (κ3) is 3.78. The normalized spacial score (nSPS) is 16.8. The predicted octanol–water partition coefficient (Wildman–Crippen LogP) is 3.06. The zero-order chi connectivity index (χ0) is 18.7. The first-order chi connectivity index (χ1) is 12.5. The van der Waals surface area contributed by atoms with Gasteiger partial charge in [-0.05, 0) is 36.2 Å². The summed E-state index contributed by atoms with van der Waals surface area (Å²) in [7, 11) is 0. The second-order valence-corrected chi connectivity index (χ2v) is 6.65. The first-order valence-electron chi connectivity index (χ1n) is 8.41. The molecular formula is C20H19ClN2O3. The molecule has 0 saturated carbocycles. The minimum Gasteiger partial charge on any atom is -0.330 e. The van der Waals surface area contributed by atoms with Crippen LogP contribution in [-0.4, -0.2) is 35.2 Å². The number of hydrogen-bond donors (Lipinski definition) is 0. The number of nitrogens with zero attached hydrogens (tertiary/aromatic N) is 2. The van der Waals surface area contributed by atoms with E-state index in [1.165, 1.54) is 11.8 Å². The fraction of sp³-hybridized carbons (Fsp3) is 0.250. The van der Waals surface area contributed by atoms with Gasteiger partial charge < -0.3 is 4.90 Å². The van der Waals surface area contributed by atoms with Gasteiger partial charge in [-0.2, -0.15) is 0 Å². The Hall–Kier alpha value is -2.66. The molecule has 1 atom stereocenters. The molecule has 3 rings (SSSR count). The highest BCUT2D eigenvalue weighted by molar-refractivity contribution is 6.30. The molecule has 2 aromatic carbocycles. The van der Waals surface area contributed by atoms with E-state index in [2.05, 4.69) is 0 Å². The number of anilines is 1. The molecule has 1 heterocycles. The SMILES string of the molecule is CC(=O)N(CCc1ccccc1)[C@@H]1CC(=O)N(c2ccc(Cl)cc2)C1=O. The maximum Gasteiger partial charge on any atom is 0.257 e. The highest BCUT2D eigenvalue weighted by Crippen LogP contribution is 2.27. The Morgan fingerprint density at radius 2 is 1.77 bits per heavy atom. The maximum absolute atomic E-state index is 12.8. The lowest BCUT2D eigenvalue weighted by Gasteiger charge is -2.26. The molecule has 0 bridgehead atoms. The summed E-state index contributed by atoms with van der Waals surface area (Å²) in [5.74, 6) is -0.904. The van der Waals surface area contributed by atoms with Crippen LogP contribution in [0.4, 0.5) is 5.69 Å². The van der Waals surface area contributed by atoms with Crippen LogP contribution >= 0.6 is 11.6 Å². The molecule has 0 aliphatic carbocycles. The van der Waals surface area contributed by atoms with Gasteiger partial charge in [-0.3, -0.25) is 14.4 Å². The highest BCUT2D eigenvalue weighted by atomic mass is 35.5. The molecule has 0 spiro atoms. The zero-order valence-electron chi connectivity index (χ0n) is 14.4. The molecule has 3 amide bonds. The topological polar surface area (TPSA) is 57.7 Å². The van der Waals surface area contributed by atoms with Gasteiger partial charge >= 0.3 is 0 Å². The summed E-state index contributed by atoms with van der Waals surface area (Å²) in [4.78, 5) is 40.0. The number of imide groups is 1. The third-order valence-corrected chi connectivity index (χ3v) is 4.72. The average molecular weight is 371 g/mol. The number of carbonyl (C=O) groups is 3. The van der Waals surface area contributed by atoms with Gasteiger partial charge in [-0.25, -0.2) is 4.90 Å². The van der Waals surface area contributed by atoms with Crippen molar-refractivity contribution >= 4 is 35.0 Å². The van der Waals surface area contributed by atoms with Crippen molar-refractivity contribution < 1.29 is 14.4 Å². The van der Waals surface area contributed by atoms with Gasteiger partial charge in [-0.15, -0.1) is 0 Å². The van der Waals surface area contributed by atoms with Crippen molar-refractivity contribution in [3.05, 3.63) is 65.2 Å². The first-order valence-corrected chi connectivity index (χ1v) is 8.78. The second kappa shape index (κ2) is 7.70. The Morgan fingerprint density at radius 3 is 2.38 bits per heavy atom. The van der Waals surface area contributed by atoms with E-state index in [0.29, 0.717) is 23.7 Å². The molecule has 1 saturated heterocycles. The second-order valence-electron chi connectivity index (χ2n) is 6.21. The summed E-state index contributed by atoms with van der Waals surface area (Å²) in [6.07, 6.45) is 0.620. The summed E-state index contributed by atoms with van der Waals surface area (Å²) in [5.41, 5.74) is 1.54. The summed E-state index contributed by atoms with van der Waals surface area (Å²) in [6, 6.07) is 15.5. The molecule has 26 heavy (non-hydrogen) atoms. The van der Waals surface area contributed by atoms with Gasteiger partial charge in [0.15, 0.2) is 0 Å². The van der Waals surface area contributed by atoms with Crippen molar-refractivity contribution in [1.29, 1.82) is 0 Å². The van der Waals surface area contributed by atoms with Gasteiger partial charge in [0.2, 0.25) is 11.8 Å². The largest absolute Gasteiger partial charge is 0.330 e. The maximum atomic E-state index is 12.8. The molecule has 1 fully saturated rings. The molecule has 5 nitrogen and oxygen atoms in total. The molecule has 0 radical (unpaired) electrons. The minimum atomic E-state index is -0.764. The summed E-state index contributed by atoms with van der Waals surface area (Å²) < 4.78 is 0. The number of halogens is 1. The molecule has 6 heteroatoms. The molecule has 1 aliphatic heterocycles. The Labute approximate surface area is 157 Å². The standard InChI is InChI=1S/C20H19ClN2O3/c1-14(24)22(12-11-15-5-3-2-4-6-15)18-13-19(25)23(20(18)26)17-9-7-16(21)8-10-17/h2-10,18H,11-13H2,1H3/t18-/m1/s1. The van der Waals surface area contributed by atoms with Gasteiger partial charge in [0.05, 0.1) is 12.1 Å². The molecule has 2 aromatic rings. The van der Waals surface area contributed by atoms with Gasteiger partial charge in [0.25, 0.3) is 5.91 Å². The van der Waals surface area contributed by atoms with Crippen LogP contribution in [-0.2, 0) is 20.8 Å². The highest BCUT2D eigenvalue weighted by Gasteiger charge is 2.43. The Morgan fingerprint density at radius 1 is 1.12 bits per heavy atom. The predicted molar refractivity (Wildman–Crippen MR) is 99.9 cm³/mol. The minimum absolute atomic E-state index is 0.00414. The number of carbonyl (C=O) groups excluding carboxylic acids is 3. The molecule has 0 unspecified atom stereocenters. The average Bonchev–Trinajstić information content (AvgIpc) is 2.91. The van der Waals surface area contributed by atoms with Crippen molar-refractivity contribution in [1.82, 2.24) is 4.90 Å². The van der Waals surface area contributed by atoms with Crippen LogP contribution in [0.2, 0.25) is 5.02 Å². The fourth-order valence-electron chi connectivity index (χ4n) is 3.15. The number of amides is 3. The number of hydrogen-bond acceptors (Lipinski definition) is 3. The molecule has 0 aromatic heterocycles. The van der Waals surface area contributed by atoms with Crippen LogP contribution in [0.15, 0.2) is 54.6 Å². The van der Waals surface area contributed by atoms with Crippen molar-refractivity contribution in [3.8, 4) is 0 Å².